The van der Waals surface area contributed by atoms with Gasteiger partial charge in [-0.2, -0.15) is 0 Å². The normalized spacial score (nSPS) is 17.2. The number of non-ortho nitro benzene ring substituents is 1. The summed E-state index contributed by atoms with van der Waals surface area (Å²) in [5, 5.41) is 10.8. The molecule has 1 aliphatic heterocycles. The summed E-state index contributed by atoms with van der Waals surface area (Å²) in [5.41, 5.74) is 0.840. The second kappa shape index (κ2) is 3.80. The third-order valence-corrected chi connectivity index (χ3v) is 3.39. The molecule has 0 unspecified atom stereocenters. The molecule has 0 N–H and O–H groups in total. The first-order valence-electron chi connectivity index (χ1n) is 5.89. The molecular weight excluding hydrogens is 232 g/mol. The van der Waals surface area contributed by atoms with Gasteiger partial charge in [0, 0.05) is 23.9 Å². The smallest absolute Gasteiger partial charge is 0.269 e. The van der Waals surface area contributed by atoms with E-state index in [1.54, 1.807) is 24.8 Å². The Morgan fingerprint density at radius 1 is 1.33 bits per heavy atom. The van der Waals surface area contributed by atoms with Crippen molar-refractivity contribution < 1.29 is 9.72 Å². The number of rotatable bonds is 2. The quantitative estimate of drug-likeness (QED) is 0.597. The molecule has 1 aromatic rings. The third kappa shape index (κ3) is 1.58. The number of carbonyl (C=O) groups is 1. The predicted molar refractivity (Wildman–Crippen MR) is 68.7 cm³/mol. The van der Waals surface area contributed by atoms with Gasteiger partial charge in [0.1, 0.15) is 0 Å². The van der Waals surface area contributed by atoms with E-state index in [1.165, 1.54) is 12.1 Å². The maximum Gasteiger partial charge on any atom is 0.269 e. The summed E-state index contributed by atoms with van der Waals surface area (Å²) < 4.78 is 0. The molecular formula is C13H16N2O3. The van der Waals surface area contributed by atoms with Gasteiger partial charge in [-0.15, -0.1) is 0 Å². The monoisotopic (exact) mass is 248 g/mol. The van der Waals surface area contributed by atoms with E-state index in [1.807, 2.05) is 13.8 Å². The van der Waals surface area contributed by atoms with E-state index in [9.17, 15) is 14.9 Å². The Bertz CT molecular complexity index is 535. The summed E-state index contributed by atoms with van der Waals surface area (Å²) in [6, 6.07) is 4.66. The van der Waals surface area contributed by atoms with Crippen molar-refractivity contribution in [3.63, 3.8) is 0 Å². The van der Waals surface area contributed by atoms with Crippen molar-refractivity contribution in [2.24, 2.45) is 0 Å². The number of anilines is 1. The Morgan fingerprint density at radius 2 is 1.94 bits per heavy atom. The van der Waals surface area contributed by atoms with Gasteiger partial charge in [-0.25, -0.2) is 0 Å². The lowest BCUT2D eigenvalue weighted by Gasteiger charge is -2.24. The van der Waals surface area contributed by atoms with Crippen LogP contribution in [0.3, 0.4) is 0 Å². The molecule has 18 heavy (non-hydrogen) atoms. The fourth-order valence-corrected chi connectivity index (χ4v) is 2.39. The predicted octanol–water partition coefficient (Wildman–Crippen LogP) is 2.63. The maximum absolute atomic E-state index is 12.4. The van der Waals surface area contributed by atoms with E-state index in [0.29, 0.717) is 0 Å². The zero-order chi connectivity index (χ0) is 13.7. The lowest BCUT2D eigenvalue weighted by atomic mass is 9.86. The largest absolute Gasteiger partial charge is 0.309 e. The van der Waals surface area contributed by atoms with E-state index < -0.39 is 10.3 Å². The number of fused-ring (bicyclic) bond motifs is 1. The third-order valence-electron chi connectivity index (χ3n) is 3.39. The average molecular weight is 248 g/mol. The Morgan fingerprint density at radius 3 is 2.44 bits per heavy atom. The fraction of sp³-hybridized carbons (Fsp3) is 0.462. The van der Waals surface area contributed by atoms with Gasteiger partial charge in [0.2, 0.25) is 5.91 Å². The summed E-state index contributed by atoms with van der Waals surface area (Å²) in [6.07, 6.45) is 0. The number of hydrogen-bond acceptors (Lipinski definition) is 3. The summed E-state index contributed by atoms with van der Waals surface area (Å²) >= 11 is 0. The van der Waals surface area contributed by atoms with Gasteiger partial charge >= 0.3 is 0 Å². The molecule has 1 aromatic carbocycles. The zero-order valence-electron chi connectivity index (χ0n) is 10.9. The summed E-state index contributed by atoms with van der Waals surface area (Å²) in [6.45, 7) is 7.48. The molecule has 5 heteroatoms. The van der Waals surface area contributed by atoms with Crippen LogP contribution in [0.1, 0.15) is 33.3 Å². The summed E-state index contributed by atoms with van der Waals surface area (Å²) in [4.78, 5) is 24.5. The topological polar surface area (TPSA) is 63.5 Å². The molecule has 1 amide bonds. The highest BCUT2D eigenvalue weighted by molar-refractivity contribution is 6.08. The molecule has 2 rings (SSSR count). The lowest BCUT2D eigenvalue weighted by molar-refractivity contribution is -0.384. The molecule has 1 heterocycles. The number of hydrogen-bond donors (Lipinski definition) is 0. The number of benzene rings is 1. The molecule has 0 fully saturated rings. The van der Waals surface area contributed by atoms with Crippen LogP contribution in [0, 0.1) is 10.1 Å². The molecule has 5 nitrogen and oxygen atoms in total. The number of nitro groups is 1. The molecule has 0 aliphatic carbocycles. The van der Waals surface area contributed by atoms with Crippen molar-refractivity contribution in [3.8, 4) is 0 Å². The highest BCUT2D eigenvalue weighted by Crippen LogP contribution is 2.43. The maximum atomic E-state index is 12.4. The number of amides is 1. The van der Waals surface area contributed by atoms with Crippen molar-refractivity contribution in [3.05, 3.63) is 33.9 Å². The molecule has 0 atom stereocenters. The number of nitro benzene ring substituents is 1. The standard InChI is InChI=1S/C13H16N2O3/c1-8(2)14-11-6-5-9(15(17)18)7-10(11)13(3,4)12(14)16/h5-8H,1-4H3. The van der Waals surface area contributed by atoms with E-state index in [0.717, 1.165) is 11.3 Å². The molecule has 96 valence electrons. The second-order valence-electron chi connectivity index (χ2n) is 5.35. The van der Waals surface area contributed by atoms with Crippen LogP contribution in [0.2, 0.25) is 0 Å². The first-order chi connectivity index (χ1) is 8.26. The van der Waals surface area contributed by atoms with Crippen molar-refractivity contribution in [2.75, 3.05) is 4.90 Å². The molecule has 0 radical (unpaired) electrons. The Kier molecular flexibility index (Phi) is 2.65. The molecule has 0 saturated carbocycles. The van der Waals surface area contributed by atoms with Crippen LogP contribution >= 0.6 is 0 Å². The molecule has 0 spiro atoms. The van der Waals surface area contributed by atoms with Gasteiger partial charge in [-0.3, -0.25) is 14.9 Å². The van der Waals surface area contributed by atoms with E-state index >= 15 is 0 Å². The van der Waals surface area contributed by atoms with Crippen LogP contribution in [-0.2, 0) is 10.2 Å². The first kappa shape index (κ1) is 12.5. The minimum absolute atomic E-state index is 0.00648. The average Bonchev–Trinajstić information content (AvgIpc) is 2.47. The lowest BCUT2D eigenvalue weighted by Crippen LogP contribution is -2.40. The Balaban J connectivity index is 2.64. The molecule has 1 aliphatic rings. The second-order valence-corrected chi connectivity index (χ2v) is 5.35. The highest BCUT2D eigenvalue weighted by Gasteiger charge is 2.45. The summed E-state index contributed by atoms with van der Waals surface area (Å²) in [7, 11) is 0. The van der Waals surface area contributed by atoms with Gasteiger partial charge in [0.15, 0.2) is 0 Å². The number of carbonyl (C=O) groups excluding carboxylic acids is 1. The van der Waals surface area contributed by atoms with E-state index in [-0.39, 0.29) is 17.6 Å². The fourth-order valence-electron chi connectivity index (χ4n) is 2.39. The minimum Gasteiger partial charge on any atom is -0.309 e. The highest BCUT2D eigenvalue weighted by atomic mass is 16.6. The Labute approximate surface area is 106 Å². The van der Waals surface area contributed by atoms with Gasteiger partial charge in [-0.05, 0) is 39.3 Å². The van der Waals surface area contributed by atoms with Crippen LogP contribution in [0.15, 0.2) is 18.2 Å². The van der Waals surface area contributed by atoms with E-state index in [4.69, 9.17) is 0 Å². The van der Waals surface area contributed by atoms with Crippen molar-refractivity contribution in [1.82, 2.24) is 0 Å². The van der Waals surface area contributed by atoms with E-state index in [2.05, 4.69) is 0 Å². The van der Waals surface area contributed by atoms with Crippen molar-refractivity contribution in [1.29, 1.82) is 0 Å². The van der Waals surface area contributed by atoms with Gasteiger partial charge in [0.05, 0.1) is 10.3 Å². The summed E-state index contributed by atoms with van der Waals surface area (Å²) in [5.74, 6) is -0.00648. The van der Waals surface area contributed by atoms with Gasteiger partial charge in [-0.1, -0.05) is 0 Å². The number of nitrogens with zero attached hydrogens (tertiary/aromatic N) is 2. The van der Waals surface area contributed by atoms with Crippen LogP contribution in [-0.4, -0.2) is 16.9 Å². The van der Waals surface area contributed by atoms with Crippen LogP contribution in [0.25, 0.3) is 0 Å². The van der Waals surface area contributed by atoms with Crippen molar-refractivity contribution in [2.45, 2.75) is 39.2 Å². The molecule has 0 bridgehead atoms. The van der Waals surface area contributed by atoms with Crippen molar-refractivity contribution >= 4 is 17.3 Å². The molecule has 0 aromatic heterocycles. The molecule has 0 saturated heterocycles. The SMILES string of the molecule is CC(C)N1C(=O)C(C)(C)c2cc([N+](=O)[O-])ccc21. The van der Waals surface area contributed by atoms with Crippen LogP contribution in [0.4, 0.5) is 11.4 Å². The zero-order valence-corrected chi connectivity index (χ0v) is 10.9. The van der Waals surface area contributed by atoms with Gasteiger partial charge in [0.25, 0.3) is 5.69 Å². The van der Waals surface area contributed by atoms with Crippen LogP contribution < -0.4 is 4.90 Å². The Hall–Kier alpha value is -1.91. The first-order valence-corrected chi connectivity index (χ1v) is 5.89. The van der Waals surface area contributed by atoms with Crippen LogP contribution in [0.5, 0.6) is 0 Å². The van der Waals surface area contributed by atoms with Gasteiger partial charge < -0.3 is 4.90 Å². The minimum atomic E-state index is -0.703.